The van der Waals surface area contributed by atoms with E-state index in [0.717, 1.165) is 65.9 Å². The number of carbonyl (C=O) groups is 1. The first kappa shape index (κ1) is 24.5. The zero-order chi connectivity index (χ0) is 24.5. The zero-order valence-corrected chi connectivity index (χ0v) is 20.8. The van der Waals surface area contributed by atoms with E-state index in [1.54, 1.807) is 6.07 Å². The molecule has 0 saturated carbocycles. The molecule has 1 saturated heterocycles. The van der Waals surface area contributed by atoms with Crippen molar-refractivity contribution in [1.29, 1.82) is 0 Å². The number of amides is 1. The highest BCUT2D eigenvalue weighted by molar-refractivity contribution is 5.85. The molecule has 34 heavy (non-hydrogen) atoms. The highest BCUT2D eigenvalue weighted by Gasteiger charge is 2.40. The maximum atomic E-state index is 13.9. The molecule has 0 bridgehead atoms. The summed E-state index contributed by atoms with van der Waals surface area (Å²) in [6.07, 6.45) is 4.36. The molecule has 2 aromatic carbocycles. The van der Waals surface area contributed by atoms with Crippen LogP contribution in [0.15, 0.2) is 24.3 Å². The maximum Gasteiger partial charge on any atom is 0.263 e. The second-order valence-electron chi connectivity index (χ2n) is 10.2. The van der Waals surface area contributed by atoms with Crippen molar-refractivity contribution in [1.82, 2.24) is 10.2 Å². The van der Waals surface area contributed by atoms with E-state index in [9.17, 15) is 14.3 Å². The summed E-state index contributed by atoms with van der Waals surface area (Å²) < 4.78 is 20.2. The Morgan fingerprint density at radius 1 is 1.18 bits per heavy atom. The largest absolute Gasteiger partial charge is 0.507 e. The van der Waals surface area contributed by atoms with Crippen LogP contribution in [0.2, 0.25) is 0 Å². The molecule has 2 aliphatic rings. The Morgan fingerprint density at radius 3 is 2.59 bits per heavy atom. The molecular formula is C28H37FN2O3. The molecule has 2 N–H and O–H groups in total. The van der Waals surface area contributed by atoms with Crippen LogP contribution < -0.4 is 10.1 Å². The fourth-order valence-corrected chi connectivity index (χ4v) is 5.29. The van der Waals surface area contributed by atoms with Gasteiger partial charge < -0.3 is 15.2 Å². The lowest BCUT2D eigenvalue weighted by molar-refractivity contribution is -0.137. The van der Waals surface area contributed by atoms with Crippen molar-refractivity contribution in [3.63, 3.8) is 0 Å². The normalized spacial score (nSPS) is 21.1. The van der Waals surface area contributed by atoms with Gasteiger partial charge in [0.15, 0.2) is 5.60 Å². The van der Waals surface area contributed by atoms with Crippen LogP contribution in [0, 0.1) is 32.5 Å². The number of phenols is 1. The van der Waals surface area contributed by atoms with E-state index >= 15 is 0 Å². The van der Waals surface area contributed by atoms with E-state index in [1.165, 1.54) is 6.07 Å². The number of carbonyl (C=O) groups excluding carboxylic acids is 1. The van der Waals surface area contributed by atoms with Crippen molar-refractivity contribution in [2.24, 2.45) is 5.92 Å². The van der Waals surface area contributed by atoms with Crippen molar-refractivity contribution in [3.05, 3.63) is 57.9 Å². The van der Waals surface area contributed by atoms with Crippen molar-refractivity contribution < 1.29 is 19.0 Å². The van der Waals surface area contributed by atoms with Gasteiger partial charge >= 0.3 is 0 Å². The molecule has 184 valence electrons. The Balaban J connectivity index is 1.26. The Labute approximate surface area is 202 Å². The van der Waals surface area contributed by atoms with Gasteiger partial charge in [0.1, 0.15) is 17.3 Å². The molecule has 0 aromatic heterocycles. The maximum absolute atomic E-state index is 13.9. The number of ether oxygens (including phenoxy) is 1. The summed E-state index contributed by atoms with van der Waals surface area (Å²) in [5.41, 5.74) is 3.42. The van der Waals surface area contributed by atoms with E-state index in [0.29, 0.717) is 37.6 Å². The second kappa shape index (κ2) is 9.95. The highest BCUT2D eigenvalue weighted by Crippen LogP contribution is 2.43. The minimum atomic E-state index is -0.906. The third-order valence-corrected chi connectivity index (χ3v) is 7.90. The first-order chi connectivity index (χ1) is 16.2. The third kappa shape index (κ3) is 4.92. The Hall–Kier alpha value is -2.60. The minimum Gasteiger partial charge on any atom is -0.507 e. The smallest absolute Gasteiger partial charge is 0.263 e. The second-order valence-corrected chi connectivity index (χ2v) is 10.2. The lowest BCUT2D eigenvalue weighted by atomic mass is 9.86. The quantitative estimate of drug-likeness (QED) is 0.629. The molecule has 5 nitrogen and oxygen atoms in total. The average Bonchev–Trinajstić information content (AvgIpc) is 2.83. The van der Waals surface area contributed by atoms with Gasteiger partial charge in [-0.2, -0.15) is 0 Å². The van der Waals surface area contributed by atoms with Gasteiger partial charge in [-0.1, -0.05) is 18.2 Å². The fourth-order valence-electron chi connectivity index (χ4n) is 5.29. The number of halogens is 1. The van der Waals surface area contributed by atoms with Crippen LogP contribution in [-0.4, -0.2) is 41.1 Å². The molecular weight excluding hydrogens is 431 g/mol. The standard InChI is InChI=1S/C28H37FN2O3/c1-18-19(2)26-23(20(3)25(18)32)9-13-28(4,34-26)27(33)30-14-10-21-11-15-31(16-12-21)17-22-7-5-6-8-24(22)29/h5-8,21,32H,9-17H2,1-4H3,(H,30,33). The van der Waals surface area contributed by atoms with Crippen molar-refractivity contribution in [2.75, 3.05) is 19.6 Å². The number of nitrogens with one attached hydrogen (secondary N) is 1. The lowest BCUT2D eigenvalue weighted by Crippen LogP contribution is -2.51. The number of benzene rings is 2. The summed E-state index contributed by atoms with van der Waals surface area (Å²) in [5, 5.41) is 13.5. The molecule has 0 spiro atoms. The topological polar surface area (TPSA) is 61.8 Å². The van der Waals surface area contributed by atoms with Crippen molar-refractivity contribution >= 4 is 5.91 Å². The number of rotatable bonds is 6. The fraction of sp³-hybridized carbons (Fsp3) is 0.536. The summed E-state index contributed by atoms with van der Waals surface area (Å²) in [4.78, 5) is 15.4. The number of phenolic OH excluding ortho intramolecular Hbond substituents is 1. The number of piperidine rings is 1. The Kier molecular flexibility index (Phi) is 7.17. The van der Waals surface area contributed by atoms with E-state index < -0.39 is 5.60 Å². The Morgan fingerprint density at radius 2 is 1.88 bits per heavy atom. The van der Waals surface area contributed by atoms with E-state index in [1.807, 2.05) is 39.8 Å². The number of hydrogen-bond donors (Lipinski definition) is 2. The van der Waals surface area contributed by atoms with Gasteiger partial charge in [0, 0.05) is 30.6 Å². The van der Waals surface area contributed by atoms with Crippen molar-refractivity contribution in [2.45, 2.75) is 71.9 Å². The lowest BCUT2D eigenvalue weighted by Gasteiger charge is -2.37. The summed E-state index contributed by atoms with van der Waals surface area (Å²) in [6, 6.07) is 6.99. The first-order valence-electron chi connectivity index (χ1n) is 12.4. The number of nitrogens with zero attached hydrogens (tertiary/aromatic N) is 1. The predicted molar refractivity (Wildman–Crippen MR) is 132 cm³/mol. The van der Waals surface area contributed by atoms with Gasteiger partial charge in [-0.05, 0) is 95.1 Å². The van der Waals surface area contributed by atoms with Gasteiger partial charge in [0.05, 0.1) is 0 Å². The molecule has 2 aromatic rings. The number of fused-ring (bicyclic) bond motifs is 1. The van der Waals surface area contributed by atoms with Gasteiger partial charge in [0.2, 0.25) is 0 Å². The monoisotopic (exact) mass is 468 g/mol. The average molecular weight is 469 g/mol. The molecule has 4 rings (SSSR count). The van der Waals surface area contributed by atoms with E-state index in [4.69, 9.17) is 4.74 Å². The predicted octanol–water partition coefficient (Wildman–Crippen LogP) is 4.96. The molecule has 1 atom stereocenters. The third-order valence-electron chi connectivity index (χ3n) is 7.90. The summed E-state index contributed by atoms with van der Waals surface area (Å²) in [6.45, 7) is 10.8. The summed E-state index contributed by atoms with van der Waals surface area (Å²) in [5.74, 6) is 1.43. The van der Waals surface area contributed by atoms with Gasteiger partial charge in [0.25, 0.3) is 5.91 Å². The number of hydrogen-bond acceptors (Lipinski definition) is 4. The molecule has 2 heterocycles. The van der Waals surface area contributed by atoms with E-state index in [-0.39, 0.29) is 11.7 Å². The van der Waals surface area contributed by atoms with Crippen LogP contribution in [0.5, 0.6) is 11.5 Å². The summed E-state index contributed by atoms with van der Waals surface area (Å²) >= 11 is 0. The summed E-state index contributed by atoms with van der Waals surface area (Å²) in [7, 11) is 0. The molecule has 1 amide bonds. The highest BCUT2D eigenvalue weighted by atomic mass is 19.1. The van der Waals surface area contributed by atoms with Crippen LogP contribution >= 0.6 is 0 Å². The Bertz CT molecular complexity index is 1060. The van der Waals surface area contributed by atoms with E-state index in [2.05, 4.69) is 10.2 Å². The number of aromatic hydroxyl groups is 1. The van der Waals surface area contributed by atoms with Crippen molar-refractivity contribution in [3.8, 4) is 11.5 Å². The minimum absolute atomic E-state index is 0.0714. The molecule has 0 aliphatic carbocycles. The van der Waals surface area contributed by atoms with Crippen LogP contribution in [0.25, 0.3) is 0 Å². The van der Waals surface area contributed by atoms with Crippen LogP contribution in [0.3, 0.4) is 0 Å². The van der Waals surface area contributed by atoms with Crippen LogP contribution in [0.4, 0.5) is 4.39 Å². The van der Waals surface area contributed by atoms with Crippen LogP contribution in [-0.2, 0) is 17.8 Å². The van der Waals surface area contributed by atoms with Crippen LogP contribution in [0.1, 0.15) is 60.4 Å². The van der Waals surface area contributed by atoms with Gasteiger partial charge in [-0.25, -0.2) is 4.39 Å². The molecule has 1 fully saturated rings. The molecule has 1 unspecified atom stereocenters. The molecule has 0 radical (unpaired) electrons. The SMILES string of the molecule is Cc1c(C)c2c(c(C)c1O)CCC(C)(C(=O)NCCC1CCN(Cc3ccccc3F)CC1)O2. The molecule has 6 heteroatoms. The zero-order valence-electron chi connectivity index (χ0n) is 20.8. The number of likely N-dealkylation sites (tertiary alicyclic amines) is 1. The van der Waals surface area contributed by atoms with Gasteiger partial charge in [-0.15, -0.1) is 0 Å². The molecule has 2 aliphatic heterocycles. The van der Waals surface area contributed by atoms with Gasteiger partial charge in [-0.3, -0.25) is 9.69 Å². The first-order valence-corrected chi connectivity index (χ1v) is 12.4.